The minimum Gasteiger partial charge on any atom is -0.468 e. The smallest absolute Gasteiger partial charge is 0.325 e. The van der Waals surface area contributed by atoms with Crippen LogP contribution in [0.1, 0.15) is 60.3 Å². The van der Waals surface area contributed by atoms with Crippen LogP contribution in [0.15, 0.2) is 0 Å². The maximum Gasteiger partial charge on any atom is 0.325 e. The van der Waals surface area contributed by atoms with Crippen molar-refractivity contribution in [2.45, 2.75) is 78.0 Å². The van der Waals surface area contributed by atoms with E-state index in [0.717, 1.165) is 25.9 Å². The molecule has 2 unspecified atom stereocenters. The van der Waals surface area contributed by atoms with Gasteiger partial charge in [-0.25, -0.2) is 0 Å². The van der Waals surface area contributed by atoms with Crippen LogP contribution < -0.4 is 5.32 Å². The van der Waals surface area contributed by atoms with Crippen LogP contribution in [0.25, 0.3) is 0 Å². The van der Waals surface area contributed by atoms with E-state index in [-0.39, 0.29) is 17.5 Å². The Balaban J connectivity index is 2.45. The van der Waals surface area contributed by atoms with E-state index in [1.165, 1.54) is 7.11 Å². The van der Waals surface area contributed by atoms with E-state index in [9.17, 15) is 4.79 Å². The van der Waals surface area contributed by atoms with E-state index in [2.05, 4.69) is 26.1 Å². The topological polar surface area (TPSA) is 47.6 Å². The fraction of sp³-hybridized carbons (Fsp3) is 0.938. The van der Waals surface area contributed by atoms with Crippen molar-refractivity contribution in [2.24, 2.45) is 5.41 Å². The van der Waals surface area contributed by atoms with Gasteiger partial charge in [-0.15, -0.1) is 0 Å². The first-order valence-electron chi connectivity index (χ1n) is 7.64. The van der Waals surface area contributed by atoms with Gasteiger partial charge < -0.3 is 9.47 Å². The fourth-order valence-electron chi connectivity index (χ4n) is 2.30. The minimum atomic E-state index is -0.642. The van der Waals surface area contributed by atoms with Gasteiger partial charge >= 0.3 is 5.97 Å². The highest BCUT2D eigenvalue weighted by Crippen LogP contribution is 2.26. The van der Waals surface area contributed by atoms with Gasteiger partial charge in [0, 0.05) is 19.1 Å². The normalized spacial score (nSPS) is 20.3. The van der Waals surface area contributed by atoms with E-state index in [4.69, 9.17) is 9.47 Å². The Labute approximate surface area is 123 Å². The molecule has 1 fully saturated rings. The summed E-state index contributed by atoms with van der Waals surface area (Å²) in [5, 5.41) is 3.40. The highest BCUT2D eigenvalue weighted by molar-refractivity contribution is 5.80. The number of ether oxygens (including phenoxy) is 2. The Bertz CT molecular complexity index is 320. The molecule has 0 aromatic rings. The summed E-state index contributed by atoms with van der Waals surface area (Å²) >= 11 is 0. The van der Waals surface area contributed by atoms with Crippen LogP contribution in [0.5, 0.6) is 0 Å². The van der Waals surface area contributed by atoms with Crippen LogP contribution in [0.2, 0.25) is 0 Å². The molecule has 0 saturated heterocycles. The van der Waals surface area contributed by atoms with Crippen LogP contribution >= 0.6 is 0 Å². The van der Waals surface area contributed by atoms with Crippen LogP contribution in [-0.2, 0) is 14.3 Å². The van der Waals surface area contributed by atoms with Gasteiger partial charge in [0.05, 0.1) is 13.2 Å². The maximum absolute atomic E-state index is 12.0. The Kier molecular flexibility index (Phi) is 6.02. The predicted octanol–water partition coefficient (Wildman–Crippen LogP) is 2.90. The van der Waals surface area contributed by atoms with Crippen LogP contribution in [0, 0.1) is 5.41 Å². The number of hydrogen-bond donors (Lipinski definition) is 1. The lowest BCUT2D eigenvalue weighted by Gasteiger charge is -2.31. The van der Waals surface area contributed by atoms with Crippen LogP contribution in [0.4, 0.5) is 0 Å². The molecule has 0 aromatic heterocycles. The molecule has 0 heterocycles. The van der Waals surface area contributed by atoms with Crippen molar-refractivity contribution < 1.29 is 14.3 Å². The summed E-state index contributed by atoms with van der Waals surface area (Å²) in [6.07, 6.45) is 3.98. The zero-order valence-electron chi connectivity index (χ0n) is 13.9. The fourth-order valence-corrected chi connectivity index (χ4v) is 2.30. The van der Waals surface area contributed by atoms with Crippen molar-refractivity contribution in [2.75, 3.05) is 13.7 Å². The van der Waals surface area contributed by atoms with Gasteiger partial charge in [-0.3, -0.25) is 10.1 Å². The van der Waals surface area contributed by atoms with Gasteiger partial charge in [-0.1, -0.05) is 20.8 Å². The number of esters is 1. The number of nitrogens with one attached hydrogen (secondary N) is 1. The summed E-state index contributed by atoms with van der Waals surface area (Å²) in [4.78, 5) is 12.0. The molecule has 0 spiro atoms. The molecule has 1 aliphatic carbocycles. The van der Waals surface area contributed by atoms with E-state index >= 15 is 0 Å². The zero-order chi connectivity index (χ0) is 15.4. The van der Waals surface area contributed by atoms with Crippen molar-refractivity contribution in [1.29, 1.82) is 0 Å². The van der Waals surface area contributed by atoms with Gasteiger partial charge in [0.25, 0.3) is 0 Å². The summed E-state index contributed by atoms with van der Waals surface area (Å²) in [6.45, 7) is 11.3. The second-order valence-corrected chi connectivity index (χ2v) is 7.44. The van der Waals surface area contributed by atoms with Crippen LogP contribution in [0.3, 0.4) is 0 Å². The standard InChI is InChI=1S/C16H31NO3/c1-12(20-10-9-15(2,3)4)11-16(5,14(18)19-6)17-13-7-8-13/h12-13,17H,7-11H2,1-6H3. The molecule has 4 nitrogen and oxygen atoms in total. The third-order valence-electron chi connectivity index (χ3n) is 3.69. The Hall–Kier alpha value is -0.610. The monoisotopic (exact) mass is 285 g/mol. The first-order valence-corrected chi connectivity index (χ1v) is 7.64. The molecule has 1 aliphatic rings. The molecule has 4 heteroatoms. The Morgan fingerprint density at radius 1 is 1.30 bits per heavy atom. The lowest BCUT2D eigenvalue weighted by Crippen LogP contribution is -2.53. The molecule has 118 valence electrons. The average molecular weight is 285 g/mol. The first-order chi connectivity index (χ1) is 9.16. The van der Waals surface area contributed by atoms with E-state index in [1.54, 1.807) is 0 Å². The summed E-state index contributed by atoms with van der Waals surface area (Å²) < 4.78 is 10.8. The van der Waals surface area contributed by atoms with E-state index in [0.29, 0.717) is 12.5 Å². The SMILES string of the molecule is COC(=O)C(C)(CC(C)OCCC(C)(C)C)NC1CC1. The van der Waals surface area contributed by atoms with Crippen molar-refractivity contribution in [3.63, 3.8) is 0 Å². The zero-order valence-corrected chi connectivity index (χ0v) is 13.9. The number of carbonyl (C=O) groups is 1. The van der Waals surface area contributed by atoms with E-state index in [1.807, 2.05) is 13.8 Å². The van der Waals surface area contributed by atoms with Crippen molar-refractivity contribution in [3.05, 3.63) is 0 Å². The second kappa shape index (κ2) is 6.90. The number of carbonyl (C=O) groups excluding carboxylic acids is 1. The van der Waals surface area contributed by atoms with Crippen LogP contribution in [-0.4, -0.2) is 37.4 Å². The minimum absolute atomic E-state index is 0.0349. The second-order valence-electron chi connectivity index (χ2n) is 7.44. The molecular weight excluding hydrogens is 254 g/mol. The van der Waals surface area contributed by atoms with Crippen molar-refractivity contribution in [3.8, 4) is 0 Å². The molecule has 1 N–H and O–H groups in total. The third kappa shape index (κ3) is 6.23. The largest absolute Gasteiger partial charge is 0.468 e. The van der Waals surface area contributed by atoms with Gasteiger partial charge in [0.2, 0.25) is 0 Å². The highest BCUT2D eigenvalue weighted by Gasteiger charge is 2.40. The first kappa shape index (κ1) is 17.4. The summed E-state index contributed by atoms with van der Waals surface area (Å²) in [6, 6.07) is 0.459. The lowest BCUT2D eigenvalue weighted by atomic mass is 9.92. The maximum atomic E-state index is 12.0. The van der Waals surface area contributed by atoms with Gasteiger partial charge in [-0.05, 0) is 38.5 Å². The quantitative estimate of drug-likeness (QED) is 0.697. The van der Waals surface area contributed by atoms with Crippen molar-refractivity contribution >= 4 is 5.97 Å². The van der Waals surface area contributed by atoms with Gasteiger partial charge in [0.1, 0.15) is 5.54 Å². The molecule has 20 heavy (non-hydrogen) atoms. The predicted molar refractivity (Wildman–Crippen MR) is 80.7 cm³/mol. The molecule has 0 bridgehead atoms. The molecule has 0 amide bonds. The molecule has 2 atom stereocenters. The molecule has 0 aromatic carbocycles. The Morgan fingerprint density at radius 3 is 2.35 bits per heavy atom. The van der Waals surface area contributed by atoms with Gasteiger partial charge in [0.15, 0.2) is 0 Å². The summed E-state index contributed by atoms with van der Waals surface area (Å²) in [5.41, 5.74) is -0.366. The van der Waals surface area contributed by atoms with Crippen molar-refractivity contribution in [1.82, 2.24) is 5.32 Å². The third-order valence-corrected chi connectivity index (χ3v) is 3.69. The Morgan fingerprint density at radius 2 is 1.90 bits per heavy atom. The number of hydrogen-bond acceptors (Lipinski definition) is 4. The van der Waals surface area contributed by atoms with Gasteiger partial charge in [-0.2, -0.15) is 0 Å². The summed E-state index contributed by atoms with van der Waals surface area (Å²) in [5.74, 6) is -0.198. The average Bonchev–Trinajstić information content (AvgIpc) is 3.09. The van der Waals surface area contributed by atoms with E-state index < -0.39 is 5.54 Å². The lowest BCUT2D eigenvalue weighted by molar-refractivity contribution is -0.149. The number of rotatable bonds is 8. The summed E-state index contributed by atoms with van der Waals surface area (Å²) in [7, 11) is 1.44. The molecule has 0 aliphatic heterocycles. The molecule has 1 saturated carbocycles. The number of methoxy groups -OCH3 is 1. The molecular formula is C16H31NO3. The molecule has 0 radical (unpaired) electrons. The molecule has 1 rings (SSSR count). The highest BCUT2D eigenvalue weighted by atomic mass is 16.5.